The molecule has 1 aliphatic rings. The molecule has 5 nitrogen and oxygen atoms in total. The second kappa shape index (κ2) is 9.24. The fourth-order valence-electron chi connectivity index (χ4n) is 4.05. The summed E-state index contributed by atoms with van der Waals surface area (Å²) in [6.07, 6.45) is 0.706. The predicted molar refractivity (Wildman–Crippen MR) is 125 cm³/mol. The Kier molecular flexibility index (Phi) is 6.58. The minimum absolute atomic E-state index is 0.150. The summed E-state index contributed by atoms with van der Waals surface area (Å²) in [6, 6.07) is 16.9. The van der Waals surface area contributed by atoms with Gasteiger partial charge in [0, 0.05) is 23.7 Å². The third kappa shape index (κ3) is 4.41. The highest BCUT2D eigenvalue weighted by Crippen LogP contribution is 2.35. The van der Waals surface area contributed by atoms with Crippen molar-refractivity contribution in [2.24, 2.45) is 0 Å². The maximum Gasteiger partial charge on any atom is 0.210 e. The normalized spacial score (nSPS) is 15.6. The monoisotopic (exact) mass is 471 g/mol. The third-order valence-corrected chi connectivity index (χ3v) is 8.14. The average molecular weight is 472 g/mol. The Morgan fingerprint density at radius 2 is 1.62 bits per heavy atom. The molecule has 168 valence electrons. The maximum absolute atomic E-state index is 13.5. The number of rotatable bonds is 5. The van der Waals surface area contributed by atoms with Gasteiger partial charge in [0.1, 0.15) is 16.7 Å². The van der Waals surface area contributed by atoms with E-state index in [-0.39, 0.29) is 9.79 Å². The number of sulfone groups is 1. The molecule has 4 rings (SSSR count). The van der Waals surface area contributed by atoms with E-state index >= 15 is 0 Å². The highest BCUT2D eigenvalue weighted by molar-refractivity contribution is 7.91. The van der Waals surface area contributed by atoms with Crippen LogP contribution in [0, 0.1) is 0 Å². The Morgan fingerprint density at radius 3 is 2.25 bits per heavy atom. The first-order chi connectivity index (χ1) is 15.3. The van der Waals surface area contributed by atoms with Crippen molar-refractivity contribution in [3.8, 4) is 5.75 Å². The molecule has 1 heterocycles. The highest BCUT2D eigenvalue weighted by atomic mass is 35.5. The van der Waals surface area contributed by atoms with Crippen molar-refractivity contribution >= 4 is 21.4 Å². The summed E-state index contributed by atoms with van der Waals surface area (Å²) in [7, 11) is -0.241. The molecular weight excluding hydrogens is 446 g/mol. The molecule has 7 heteroatoms. The molecule has 0 aliphatic carbocycles. The lowest BCUT2D eigenvalue weighted by Gasteiger charge is -2.16. The number of aliphatic hydroxyl groups excluding tert-OH is 1. The predicted octanol–water partition coefficient (Wildman–Crippen LogP) is 4.29. The zero-order valence-corrected chi connectivity index (χ0v) is 19.7. The molecule has 3 aromatic carbocycles. The summed E-state index contributed by atoms with van der Waals surface area (Å²) in [4.78, 5) is 2.56. The van der Waals surface area contributed by atoms with Crippen LogP contribution in [-0.2, 0) is 22.7 Å². The van der Waals surface area contributed by atoms with Gasteiger partial charge in [-0.2, -0.15) is 0 Å². The van der Waals surface area contributed by atoms with E-state index in [0.717, 1.165) is 37.1 Å². The summed E-state index contributed by atoms with van der Waals surface area (Å²) < 4.78 is 32.4. The molecule has 32 heavy (non-hydrogen) atoms. The first kappa shape index (κ1) is 22.8. The second-order valence-electron chi connectivity index (χ2n) is 8.07. The molecule has 1 aliphatic heterocycles. The Hall–Kier alpha value is -2.38. The Balaban J connectivity index is 1.69. The van der Waals surface area contributed by atoms with Gasteiger partial charge < -0.3 is 14.7 Å². The van der Waals surface area contributed by atoms with Crippen LogP contribution in [0.5, 0.6) is 5.75 Å². The topological polar surface area (TPSA) is 66.8 Å². The van der Waals surface area contributed by atoms with Gasteiger partial charge in [0.2, 0.25) is 9.84 Å². The van der Waals surface area contributed by atoms with Crippen LogP contribution in [0.2, 0.25) is 5.02 Å². The average Bonchev–Trinajstić information content (AvgIpc) is 2.99. The number of hydrogen-bond acceptors (Lipinski definition) is 5. The van der Waals surface area contributed by atoms with Crippen LogP contribution in [0.25, 0.3) is 0 Å². The van der Waals surface area contributed by atoms with Crippen molar-refractivity contribution in [1.29, 1.82) is 0 Å². The lowest BCUT2D eigenvalue weighted by Crippen LogP contribution is -2.20. The van der Waals surface area contributed by atoms with Crippen LogP contribution in [-0.4, -0.2) is 45.7 Å². The van der Waals surface area contributed by atoms with Gasteiger partial charge in [-0.25, -0.2) is 8.42 Å². The van der Waals surface area contributed by atoms with Crippen molar-refractivity contribution in [2.45, 2.75) is 28.7 Å². The Labute approximate surface area is 194 Å². The van der Waals surface area contributed by atoms with E-state index in [4.69, 9.17) is 16.3 Å². The molecule has 1 N–H and O–H groups in total. The molecule has 0 saturated carbocycles. The first-order valence-electron chi connectivity index (χ1n) is 10.5. The molecule has 3 aromatic rings. The summed E-state index contributed by atoms with van der Waals surface area (Å²) in [5, 5.41) is 11.1. The fraction of sp³-hybridized carbons (Fsp3) is 0.280. The molecular formula is C25H26ClNO4S. The number of methoxy groups -OCH3 is 1. The zero-order chi connectivity index (χ0) is 22.9. The standard InChI is InChI=1S/C25H26ClNO4S/c1-27-13-11-18-15-23(31-2)24(16-19(18)12-14-27)32(29,30)20-9-7-17(8-10-20)25(28)21-5-3-4-6-22(21)26/h3-10,15-16,25,28H,11-14H2,1-2H3. The lowest BCUT2D eigenvalue weighted by molar-refractivity contribution is 0.220. The number of hydrogen-bond donors (Lipinski definition) is 1. The van der Waals surface area contributed by atoms with Crippen LogP contribution < -0.4 is 4.74 Å². The van der Waals surface area contributed by atoms with Gasteiger partial charge in [-0.05, 0) is 66.9 Å². The van der Waals surface area contributed by atoms with Gasteiger partial charge in [0.05, 0.1) is 12.0 Å². The molecule has 0 fully saturated rings. The quantitative estimate of drug-likeness (QED) is 0.601. The lowest BCUT2D eigenvalue weighted by atomic mass is 10.0. The molecule has 0 bridgehead atoms. The van der Waals surface area contributed by atoms with Gasteiger partial charge in [-0.3, -0.25) is 0 Å². The Bertz CT molecular complexity index is 1230. The van der Waals surface area contributed by atoms with Crippen LogP contribution in [0.3, 0.4) is 0 Å². The van der Waals surface area contributed by atoms with Crippen LogP contribution in [0.4, 0.5) is 0 Å². The van der Waals surface area contributed by atoms with Gasteiger partial charge in [0.25, 0.3) is 0 Å². The van der Waals surface area contributed by atoms with E-state index in [1.165, 1.54) is 19.2 Å². The van der Waals surface area contributed by atoms with Gasteiger partial charge >= 0.3 is 0 Å². The summed E-state index contributed by atoms with van der Waals surface area (Å²) in [6.45, 7) is 1.81. The summed E-state index contributed by atoms with van der Waals surface area (Å²) in [5.74, 6) is 0.355. The maximum atomic E-state index is 13.5. The van der Waals surface area contributed by atoms with Crippen molar-refractivity contribution in [1.82, 2.24) is 4.90 Å². The van der Waals surface area contributed by atoms with E-state index in [1.54, 1.807) is 42.5 Å². The molecule has 0 spiro atoms. The minimum atomic E-state index is -3.80. The van der Waals surface area contributed by atoms with Gasteiger partial charge in [-0.15, -0.1) is 0 Å². The van der Waals surface area contributed by atoms with Crippen LogP contribution in [0.15, 0.2) is 70.5 Å². The number of nitrogens with zero attached hydrogens (tertiary/aromatic N) is 1. The number of halogens is 1. The van der Waals surface area contributed by atoms with Crippen molar-refractivity contribution in [2.75, 3.05) is 27.2 Å². The van der Waals surface area contributed by atoms with Crippen molar-refractivity contribution in [3.05, 3.63) is 87.9 Å². The number of likely N-dealkylation sites (N-methyl/N-ethyl adjacent to an activating group) is 1. The summed E-state index contributed by atoms with van der Waals surface area (Å²) in [5.41, 5.74) is 3.30. The number of ether oxygens (including phenoxy) is 1. The highest BCUT2D eigenvalue weighted by Gasteiger charge is 2.26. The first-order valence-corrected chi connectivity index (χ1v) is 12.3. The molecule has 0 aromatic heterocycles. The number of fused-ring (bicyclic) bond motifs is 1. The molecule has 0 amide bonds. The smallest absolute Gasteiger partial charge is 0.210 e. The SMILES string of the molecule is COc1cc2c(cc1S(=O)(=O)c1ccc(C(O)c3ccccc3Cl)cc1)CCN(C)CC2. The minimum Gasteiger partial charge on any atom is -0.495 e. The third-order valence-electron chi connectivity index (χ3n) is 6.01. The van der Waals surface area contributed by atoms with Crippen molar-refractivity contribution in [3.63, 3.8) is 0 Å². The summed E-state index contributed by atoms with van der Waals surface area (Å²) >= 11 is 6.19. The largest absolute Gasteiger partial charge is 0.495 e. The zero-order valence-electron chi connectivity index (χ0n) is 18.1. The van der Waals surface area contributed by atoms with E-state index in [2.05, 4.69) is 11.9 Å². The fourth-order valence-corrected chi connectivity index (χ4v) is 5.74. The van der Waals surface area contributed by atoms with E-state index in [0.29, 0.717) is 21.9 Å². The van der Waals surface area contributed by atoms with E-state index in [1.807, 2.05) is 6.07 Å². The number of benzene rings is 3. The van der Waals surface area contributed by atoms with E-state index in [9.17, 15) is 13.5 Å². The molecule has 1 unspecified atom stereocenters. The molecule has 0 saturated heterocycles. The second-order valence-corrected chi connectivity index (χ2v) is 10.4. The molecule has 0 radical (unpaired) electrons. The van der Waals surface area contributed by atoms with Crippen LogP contribution in [0.1, 0.15) is 28.4 Å². The molecule has 1 atom stereocenters. The van der Waals surface area contributed by atoms with Gasteiger partial charge in [-0.1, -0.05) is 41.9 Å². The van der Waals surface area contributed by atoms with Crippen LogP contribution >= 0.6 is 11.6 Å². The van der Waals surface area contributed by atoms with E-state index < -0.39 is 15.9 Å². The Morgan fingerprint density at radius 1 is 1.00 bits per heavy atom. The van der Waals surface area contributed by atoms with Crippen molar-refractivity contribution < 1.29 is 18.3 Å². The number of aliphatic hydroxyl groups is 1. The van der Waals surface area contributed by atoms with Gasteiger partial charge in [0.15, 0.2) is 0 Å².